The molecule has 0 nitrogen and oxygen atoms in total. The van der Waals surface area contributed by atoms with Crippen molar-refractivity contribution in [3.05, 3.63) is 170 Å². The smallest absolute Gasteiger partial charge is 0.000448 e. The average Bonchev–Trinajstić information content (AvgIpc) is 2.99. The molecular weight excluding hydrogens is 468 g/mol. The molecule has 0 fully saturated rings. The van der Waals surface area contributed by atoms with Gasteiger partial charge in [0.1, 0.15) is 0 Å². The highest BCUT2D eigenvalue weighted by Crippen LogP contribution is 2.38. The Morgan fingerprint density at radius 1 is 1.03 bits per heavy atom. The topological polar surface area (TPSA) is 0 Å². The van der Waals surface area contributed by atoms with Gasteiger partial charge in [-0.25, -0.2) is 0 Å². The number of hydrogen-bond donors (Lipinski definition) is 0. The van der Waals surface area contributed by atoms with Crippen LogP contribution in [0.25, 0.3) is 22.8 Å². The summed E-state index contributed by atoms with van der Waals surface area (Å²) in [5.41, 5.74) is 9.68. The molecule has 0 aromatic heterocycles. The summed E-state index contributed by atoms with van der Waals surface area (Å²) in [6.07, 6.45) is 29.0. The summed E-state index contributed by atoms with van der Waals surface area (Å²) >= 11 is 0. The lowest BCUT2D eigenvalue weighted by atomic mass is 9.83. The van der Waals surface area contributed by atoms with Crippen LogP contribution in [-0.2, 0) is 0 Å². The van der Waals surface area contributed by atoms with Crippen molar-refractivity contribution in [2.75, 3.05) is 0 Å². The van der Waals surface area contributed by atoms with Crippen molar-refractivity contribution in [2.24, 2.45) is 5.92 Å². The highest BCUT2D eigenvalue weighted by molar-refractivity contribution is 5.93. The average molecular weight is 513 g/mol. The fourth-order valence-electron chi connectivity index (χ4n) is 4.67. The molecule has 0 radical (unpaired) electrons. The van der Waals surface area contributed by atoms with Gasteiger partial charge < -0.3 is 0 Å². The van der Waals surface area contributed by atoms with E-state index in [9.17, 15) is 0 Å². The Morgan fingerprint density at radius 3 is 2.49 bits per heavy atom. The van der Waals surface area contributed by atoms with Crippen molar-refractivity contribution in [1.82, 2.24) is 0 Å². The molecule has 3 rings (SSSR count). The Morgan fingerprint density at radius 2 is 1.79 bits per heavy atom. The molecule has 0 bridgehead atoms. The van der Waals surface area contributed by atoms with Crippen LogP contribution in [0.4, 0.5) is 0 Å². The van der Waals surface area contributed by atoms with Gasteiger partial charge >= 0.3 is 0 Å². The first-order valence-corrected chi connectivity index (χ1v) is 13.8. The Bertz CT molecular complexity index is 1300. The molecule has 1 aliphatic rings. The molecule has 2 aromatic carbocycles. The van der Waals surface area contributed by atoms with E-state index in [1.165, 1.54) is 33.4 Å². The van der Waals surface area contributed by atoms with Gasteiger partial charge in [0.25, 0.3) is 0 Å². The monoisotopic (exact) mass is 512 g/mol. The van der Waals surface area contributed by atoms with Gasteiger partial charge in [-0.05, 0) is 76.7 Å². The van der Waals surface area contributed by atoms with Crippen molar-refractivity contribution in [3.8, 4) is 11.1 Å². The SMILES string of the molecule is C=C.C=C/C=C\C(C)C1=CC=CC/C1=C\c1cccc(-c2ccccc2)c1C(=C)C(/C=C\C)=C/C/C=C\CC. The third-order valence-electron chi connectivity index (χ3n) is 6.53. The maximum atomic E-state index is 4.65. The zero-order valence-corrected chi connectivity index (χ0v) is 24.1. The highest BCUT2D eigenvalue weighted by atomic mass is 14.2. The van der Waals surface area contributed by atoms with E-state index in [0.29, 0.717) is 5.92 Å². The van der Waals surface area contributed by atoms with Crippen LogP contribution in [-0.4, -0.2) is 0 Å². The predicted molar refractivity (Wildman–Crippen MR) is 177 cm³/mol. The maximum Gasteiger partial charge on any atom is -0.000448 e. The molecule has 200 valence electrons. The van der Waals surface area contributed by atoms with Crippen LogP contribution in [0.15, 0.2) is 158 Å². The van der Waals surface area contributed by atoms with Crippen molar-refractivity contribution >= 4 is 11.6 Å². The van der Waals surface area contributed by atoms with Gasteiger partial charge in [-0.15, -0.1) is 13.2 Å². The fraction of sp³-hybridized carbons (Fsp3) is 0.179. The van der Waals surface area contributed by atoms with Crippen molar-refractivity contribution < 1.29 is 0 Å². The second kappa shape index (κ2) is 17.4. The molecule has 0 heteroatoms. The molecule has 0 heterocycles. The van der Waals surface area contributed by atoms with Gasteiger partial charge in [-0.2, -0.15) is 0 Å². The first-order chi connectivity index (χ1) is 19.1. The fourth-order valence-corrected chi connectivity index (χ4v) is 4.67. The van der Waals surface area contributed by atoms with E-state index in [4.69, 9.17) is 0 Å². The van der Waals surface area contributed by atoms with Crippen LogP contribution in [0.2, 0.25) is 0 Å². The van der Waals surface area contributed by atoms with Gasteiger partial charge in [0, 0.05) is 0 Å². The molecule has 0 amide bonds. The van der Waals surface area contributed by atoms with Gasteiger partial charge in [0.05, 0.1) is 0 Å². The zero-order valence-electron chi connectivity index (χ0n) is 24.1. The standard InChI is InChI=1S/C37H40.C2H4/c1-6-9-11-13-21-31(19-8-3)30(5)37-34(25-18-27-36(37)32-22-14-12-15-23-32)28-33-24-16-17-26-35(33)29(4)20-10-7-2;1-2/h7-12,14-23,25-29H,2,5-6,13,24H2,1,3-4H3;1-2H2/b11-9-,19-8-,20-10-,31-21+,33-28+;. The molecule has 0 N–H and O–H groups in total. The summed E-state index contributed by atoms with van der Waals surface area (Å²) in [4.78, 5) is 0. The lowest BCUT2D eigenvalue weighted by Gasteiger charge is -2.21. The molecule has 1 aliphatic carbocycles. The minimum absolute atomic E-state index is 0.307. The van der Waals surface area contributed by atoms with E-state index >= 15 is 0 Å². The molecule has 1 atom stereocenters. The van der Waals surface area contributed by atoms with Crippen LogP contribution in [0.3, 0.4) is 0 Å². The molecule has 39 heavy (non-hydrogen) atoms. The molecule has 0 spiro atoms. The van der Waals surface area contributed by atoms with Gasteiger partial charge in [0.15, 0.2) is 0 Å². The van der Waals surface area contributed by atoms with Crippen molar-refractivity contribution in [2.45, 2.75) is 40.0 Å². The van der Waals surface area contributed by atoms with Gasteiger partial charge in [0.2, 0.25) is 0 Å². The summed E-state index contributed by atoms with van der Waals surface area (Å²) in [7, 11) is 0. The summed E-state index contributed by atoms with van der Waals surface area (Å²) < 4.78 is 0. The second-order valence-corrected chi connectivity index (χ2v) is 9.22. The predicted octanol–water partition coefficient (Wildman–Crippen LogP) is 11.7. The lowest BCUT2D eigenvalue weighted by Crippen LogP contribution is -2.03. The van der Waals surface area contributed by atoms with E-state index in [1.807, 2.05) is 12.2 Å². The van der Waals surface area contributed by atoms with E-state index in [2.05, 4.69) is 156 Å². The van der Waals surface area contributed by atoms with Crippen LogP contribution in [0.1, 0.15) is 51.2 Å². The Hall–Kier alpha value is -4.16. The number of benzene rings is 2. The van der Waals surface area contributed by atoms with Crippen LogP contribution in [0, 0.1) is 5.92 Å². The first-order valence-electron chi connectivity index (χ1n) is 13.8. The summed E-state index contributed by atoms with van der Waals surface area (Å²) in [5.74, 6) is 0.307. The Kier molecular flexibility index (Phi) is 13.8. The number of allylic oxidation sites excluding steroid dienone is 15. The first kappa shape index (κ1) is 31.1. The maximum absolute atomic E-state index is 4.65. The molecular formula is C39H44. The Labute approximate surface area is 237 Å². The zero-order chi connectivity index (χ0) is 28.5. The quantitative estimate of drug-likeness (QED) is 0.207. The van der Waals surface area contributed by atoms with Gasteiger partial charge in [-0.1, -0.05) is 148 Å². The van der Waals surface area contributed by atoms with Crippen LogP contribution < -0.4 is 0 Å². The van der Waals surface area contributed by atoms with E-state index in [-0.39, 0.29) is 0 Å². The van der Waals surface area contributed by atoms with E-state index in [0.717, 1.165) is 30.4 Å². The van der Waals surface area contributed by atoms with Crippen LogP contribution in [0.5, 0.6) is 0 Å². The van der Waals surface area contributed by atoms with E-state index in [1.54, 1.807) is 0 Å². The van der Waals surface area contributed by atoms with Crippen LogP contribution >= 0.6 is 0 Å². The summed E-state index contributed by atoms with van der Waals surface area (Å²) in [6, 6.07) is 17.2. The van der Waals surface area contributed by atoms with E-state index < -0.39 is 0 Å². The van der Waals surface area contributed by atoms with Crippen molar-refractivity contribution in [3.63, 3.8) is 0 Å². The van der Waals surface area contributed by atoms with Crippen molar-refractivity contribution in [1.29, 1.82) is 0 Å². The molecule has 2 aromatic rings. The van der Waals surface area contributed by atoms with Gasteiger partial charge in [-0.3, -0.25) is 0 Å². The largest absolute Gasteiger partial charge is 0.106 e. The minimum Gasteiger partial charge on any atom is -0.106 e. The number of hydrogen-bond acceptors (Lipinski definition) is 0. The normalized spacial score (nSPS) is 15.4. The highest BCUT2D eigenvalue weighted by Gasteiger charge is 2.17. The Balaban J connectivity index is 0.00000260. The summed E-state index contributed by atoms with van der Waals surface area (Å²) in [5, 5.41) is 0. The third kappa shape index (κ3) is 8.97. The lowest BCUT2D eigenvalue weighted by molar-refractivity contribution is 0.859. The molecule has 0 aliphatic heterocycles. The molecule has 0 saturated heterocycles. The summed E-state index contributed by atoms with van der Waals surface area (Å²) in [6.45, 7) is 21.0. The molecule has 0 saturated carbocycles. The molecule has 1 unspecified atom stereocenters. The third-order valence-corrected chi connectivity index (χ3v) is 6.53. The number of rotatable bonds is 11. The second-order valence-electron chi connectivity index (χ2n) is 9.22. The minimum atomic E-state index is 0.307.